The van der Waals surface area contributed by atoms with E-state index in [1.165, 1.54) is 12.5 Å². The first-order chi connectivity index (χ1) is 13.2. The average molecular weight is 394 g/mol. The lowest BCUT2D eigenvalue weighted by Gasteiger charge is -2.31. The number of nitrogens with one attached hydrogen (secondary N) is 2. The van der Waals surface area contributed by atoms with E-state index in [0.717, 1.165) is 12.5 Å². The van der Waals surface area contributed by atoms with Crippen LogP contribution in [0.15, 0.2) is 24.7 Å². The van der Waals surface area contributed by atoms with Gasteiger partial charge < -0.3 is 15.0 Å². The number of aliphatic carboxylic acids is 1. The molecule has 0 spiro atoms. The van der Waals surface area contributed by atoms with Gasteiger partial charge in [0, 0.05) is 19.2 Å². The third kappa shape index (κ3) is 4.53. The molecule has 3 heterocycles. The number of alkyl halides is 3. The molecule has 0 radical (unpaired) electrons. The van der Waals surface area contributed by atoms with Gasteiger partial charge in [0.25, 0.3) is 0 Å². The SMILES string of the molecule is N=C(/C=C\c1ncc(-c2cc(N3CCC[C@H](C(=O)O)C3)ncn2)[nH]1)C(F)(F)F. The Labute approximate surface area is 157 Å². The molecule has 1 aliphatic rings. The topological polar surface area (TPSA) is 119 Å². The lowest BCUT2D eigenvalue weighted by Crippen LogP contribution is -2.39. The summed E-state index contributed by atoms with van der Waals surface area (Å²) in [5, 5.41) is 16.1. The molecular formula is C17H17F3N6O2. The monoisotopic (exact) mass is 394 g/mol. The quantitative estimate of drug-likeness (QED) is 0.671. The second kappa shape index (κ2) is 7.79. The molecule has 11 heteroatoms. The van der Waals surface area contributed by atoms with E-state index in [0.29, 0.717) is 42.8 Å². The number of carboxylic acids is 1. The van der Waals surface area contributed by atoms with Crippen molar-refractivity contribution in [2.24, 2.45) is 5.92 Å². The van der Waals surface area contributed by atoms with Gasteiger partial charge in [0.2, 0.25) is 0 Å². The maximum Gasteiger partial charge on any atom is 0.432 e. The number of aromatic amines is 1. The van der Waals surface area contributed by atoms with Crippen LogP contribution in [0.4, 0.5) is 19.0 Å². The van der Waals surface area contributed by atoms with Crippen LogP contribution in [-0.2, 0) is 4.79 Å². The Hall–Kier alpha value is -3.24. The summed E-state index contributed by atoms with van der Waals surface area (Å²) in [4.78, 5) is 28.2. The molecule has 2 aromatic rings. The molecule has 0 aromatic carbocycles. The molecule has 0 aliphatic carbocycles. The van der Waals surface area contributed by atoms with E-state index in [-0.39, 0.29) is 5.82 Å². The zero-order valence-electron chi connectivity index (χ0n) is 14.6. The number of hydrogen-bond donors (Lipinski definition) is 3. The van der Waals surface area contributed by atoms with Gasteiger partial charge in [0.15, 0.2) is 0 Å². The summed E-state index contributed by atoms with van der Waals surface area (Å²) in [6, 6.07) is 1.67. The number of imidazole rings is 1. The van der Waals surface area contributed by atoms with Gasteiger partial charge in [-0.2, -0.15) is 13.2 Å². The fourth-order valence-corrected chi connectivity index (χ4v) is 2.86. The summed E-state index contributed by atoms with van der Waals surface area (Å²) in [7, 11) is 0. The maximum absolute atomic E-state index is 12.4. The second-order valence-corrected chi connectivity index (χ2v) is 6.31. The minimum absolute atomic E-state index is 0.146. The van der Waals surface area contributed by atoms with Crippen molar-refractivity contribution in [1.82, 2.24) is 19.9 Å². The fourth-order valence-electron chi connectivity index (χ4n) is 2.86. The van der Waals surface area contributed by atoms with Crippen LogP contribution in [0.5, 0.6) is 0 Å². The van der Waals surface area contributed by atoms with Crippen molar-refractivity contribution in [3.8, 4) is 11.4 Å². The number of halogens is 3. The predicted molar refractivity (Wildman–Crippen MR) is 95.0 cm³/mol. The van der Waals surface area contributed by atoms with Crippen LogP contribution in [0.1, 0.15) is 18.7 Å². The maximum atomic E-state index is 12.4. The minimum Gasteiger partial charge on any atom is -0.481 e. The Bertz CT molecular complexity index is 908. The fraction of sp³-hybridized carbons (Fsp3) is 0.353. The first-order valence-corrected chi connectivity index (χ1v) is 8.43. The predicted octanol–water partition coefficient (Wildman–Crippen LogP) is 2.76. The summed E-state index contributed by atoms with van der Waals surface area (Å²) in [6.07, 6.45) is 1.07. The van der Waals surface area contributed by atoms with Gasteiger partial charge in [-0.15, -0.1) is 0 Å². The van der Waals surface area contributed by atoms with E-state index in [1.54, 1.807) is 6.07 Å². The van der Waals surface area contributed by atoms with Crippen LogP contribution in [0.2, 0.25) is 0 Å². The molecule has 3 N–H and O–H groups in total. The van der Waals surface area contributed by atoms with E-state index in [1.807, 2.05) is 4.90 Å². The van der Waals surface area contributed by atoms with Crippen LogP contribution in [-0.4, -0.2) is 56.0 Å². The lowest BCUT2D eigenvalue weighted by atomic mass is 9.98. The lowest BCUT2D eigenvalue weighted by molar-refractivity contribution is -0.141. The summed E-state index contributed by atoms with van der Waals surface area (Å²) in [6.45, 7) is 1.03. The highest BCUT2D eigenvalue weighted by atomic mass is 19.4. The number of allylic oxidation sites excluding steroid dienone is 1. The van der Waals surface area contributed by atoms with Gasteiger partial charge in [-0.25, -0.2) is 15.0 Å². The number of aromatic nitrogens is 4. The third-order valence-electron chi connectivity index (χ3n) is 4.33. The van der Waals surface area contributed by atoms with Gasteiger partial charge >= 0.3 is 12.1 Å². The van der Waals surface area contributed by atoms with Crippen molar-refractivity contribution < 1.29 is 23.1 Å². The van der Waals surface area contributed by atoms with Crippen molar-refractivity contribution in [2.45, 2.75) is 19.0 Å². The van der Waals surface area contributed by atoms with Gasteiger partial charge in [-0.3, -0.25) is 10.2 Å². The molecule has 148 valence electrons. The van der Waals surface area contributed by atoms with Crippen LogP contribution < -0.4 is 4.90 Å². The first-order valence-electron chi connectivity index (χ1n) is 8.43. The van der Waals surface area contributed by atoms with E-state index in [2.05, 4.69) is 19.9 Å². The zero-order chi connectivity index (χ0) is 20.3. The molecule has 0 saturated carbocycles. The normalized spacial score (nSPS) is 17.8. The number of carbonyl (C=O) groups is 1. The number of H-pyrrole nitrogens is 1. The summed E-state index contributed by atoms with van der Waals surface area (Å²) in [5.41, 5.74) is -0.540. The van der Waals surface area contributed by atoms with Gasteiger partial charge in [0.05, 0.1) is 23.5 Å². The van der Waals surface area contributed by atoms with Crippen molar-refractivity contribution >= 4 is 23.6 Å². The molecule has 28 heavy (non-hydrogen) atoms. The number of hydrogen-bond acceptors (Lipinski definition) is 6. The van der Waals surface area contributed by atoms with Crippen molar-refractivity contribution in [1.29, 1.82) is 5.41 Å². The third-order valence-corrected chi connectivity index (χ3v) is 4.33. The summed E-state index contributed by atoms with van der Waals surface area (Å²) >= 11 is 0. The number of piperidine rings is 1. The van der Waals surface area contributed by atoms with Crippen molar-refractivity contribution in [3.05, 3.63) is 30.5 Å². The molecular weight excluding hydrogens is 377 g/mol. The Morgan fingerprint density at radius 2 is 2.14 bits per heavy atom. The molecule has 3 rings (SSSR count). The molecule has 1 aliphatic heterocycles. The van der Waals surface area contributed by atoms with Gasteiger partial charge in [-0.1, -0.05) is 0 Å². The molecule has 1 fully saturated rings. The van der Waals surface area contributed by atoms with Crippen LogP contribution in [0.25, 0.3) is 17.5 Å². The average Bonchev–Trinajstić information content (AvgIpc) is 3.14. The first kappa shape index (κ1) is 19.5. The molecule has 1 saturated heterocycles. The molecule has 2 aromatic heterocycles. The summed E-state index contributed by atoms with van der Waals surface area (Å²) < 4.78 is 37.1. The van der Waals surface area contributed by atoms with Crippen LogP contribution >= 0.6 is 0 Å². The number of nitrogens with zero attached hydrogens (tertiary/aromatic N) is 4. The van der Waals surface area contributed by atoms with Gasteiger partial charge in [-0.05, 0) is 25.0 Å². The molecule has 1 atom stereocenters. The number of carboxylic acid groups (broad SMARTS) is 1. The number of anilines is 1. The minimum atomic E-state index is -4.71. The Morgan fingerprint density at radius 3 is 2.86 bits per heavy atom. The molecule has 0 bridgehead atoms. The van der Waals surface area contributed by atoms with E-state index >= 15 is 0 Å². The molecule has 0 amide bonds. The highest BCUT2D eigenvalue weighted by Gasteiger charge is 2.32. The van der Waals surface area contributed by atoms with Crippen molar-refractivity contribution in [3.63, 3.8) is 0 Å². The zero-order valence-corrected chi connectivity index (χ0v) is 14.6. The number of rotatable bonds is 5. The van der Waals surface area contributed by atoms with E-state index in [9.17, 15) is 23.1 Å². The smallest absolute Gasteiger partial charge is 0.432 e. The van der Waals surface area contributed by atoms with Crippen LogP contribution in [0, 0.1) is 11.3 Å². The van der Waals surface area contributed by atoms with E-state index in [4.69, 9.17) is 5.41 Å². The Kier molecular flexibility index (Phi) is 5.43. The van der Waals surface area contributed by atoms with Crippen molar-refractivity contribution in [2.75, 3.05) is 18.0 Å². The van der Waals surface area contributed by atoms with Gasteiger partial charge in [0.1, 0.15) is 23.7 Å². The van der Waals surface area contributed by atoms with E-state index < -0.39 is 23.8 Å². The van der Waals surface area contributed by atoms with Crippen LogP contribution in [0.3, 0.4) is 0 Å². The standard InChI is InChI=1S/C17H17F3N6O2/c18-17(19,20)13(21)3-4-14-22-7-12(25-14)11-6-15(24-9-23-11)26-5-1-2-10(8-26)16(27)28/h3-4,6-7,9-10,21H,1-2,5,8H2,(H,22,25)(H,27,28)/b4-3-,21-13?/t10-/m0/s1. The largest absolute Gasteiger partial charge is 0.481 e. The highest BCUT2D eigenvalue weighted by Crippen LogP contribution is 2.25. The second-order valence-electron chi connectivity index (χ2n) is 6.31. The Balaban J connectivity index is 1.76. The Morgan fingerprint density at radius 1 is 1.36 bits per heavy atom. The molecule has 8 nitrogen and oxygen atoms in total. The highest BCUT2D eigenvalue weighted by molar-refractivity contribution is 5.99. The summed E-state index contributed by atoms with van der Waals surface area (Å²) in [5.74, 6) is -0.581. The molecule has 0 unspecified atom stereocenters.